The molecule has 1 aromatic carbocycles. The maximum atomic E-state index is 8.65. The maximum absolute atomic E-state index is 8.65. The van der Waals surface area contributed by atoms with Gasteiger partial charge in [-0.25, -0.2) is 0 Å². The average Bonchev–Trinajstić information content (AvgIpc) is 1.64. The minimum atomic E-state index is 0. The Bertz CT molecular complexity index is 171. The van der Waals surface area contributed by atoms with Gasteiger partial charge in [-0.05, 0) is 12.1 Å². The molecule has 0 aliphatic rings. The Morgan fingerprint density at radius 1 is 1.00 bits per heavy atom. The average molecular weight is 243 g/mol. The molecule has 0 amide bonds. The predicted molar refractivity (Wildman–Crippen MR) is 35.5 cm³/mol. The van der Waals surface area contributed by atoms with Crippen LogP contribution in [0, 0.1) is 0 Å². The van der Waals surface area contributed by atoms with Gasteiger partial charge >= 0.3 is 0 Å². The van der Waals surface area contributed by atoms with Gasteiger partial charge in [-0.15, -0.1) is 0 Å². The zero-order valence-corrected chi connectivity index (χ0v) is 11.5. The first-order valence-corrected chi connectivity index (χ1v) is 2.27. The second kappa shape index (κ2) is 4.65. The Balaban J connectivity index is 0.000000640. The summed E-state index contributed by atoms with van der Waals surface area (Å²) >= 11 is 0. The van der Waals surface area contributed by atoms with Crippen molar-refractivity contribution < 1.29 is 10.2 Å². The van der Waals surface area contributed by atoms with E-state index in [0.29, 0.717) is 0 Å². The molecule has 0 aromatic heterocycles. The quantitative estimate of drug-likeness (QED) is 0.704. The van der Waals surface area contributed by atoms with E-state index in [2.05, 4.69) is 0 Å². The summed E-state index contributed by atoms with van der Waals surface area (Å²) in [5.41, 5.74) is 0. The fourth-order valence-corrected chi connectivity index (χ4v) is 0.493. The van der Waals surface area contributed by atoms with Crippen molar-refractivity contribution in [1.29, 1.82) is 0 Å². The van der Waals surface area contributed by atoms with Crippen LogP contribution in [0.3, 0.4) is 0 Å². The number of phenolic OH excluding ortho intramolecular Hbond substituents is 2. The summed E-state index contributed by atoms with van der Waals surface area (Å²) in [7, 11) is 0. The van der Waals surface area contributed by atoms with Gasteiger partial charge in [-0.2, -0.15) is 0 Å². The van der Waals surface area contributed by atoms with Crippen molar-refractivity contribution in [2.45, 2.75) is 0 Å². The Labute approximate surface area is 112 Å². The normalized spacial score (nSPS) is 8.00. The van der Waals surface area contributed by atoms with E-state index in [-0.39, 0.29) is 80.4 Å². The Hall–Kier alpha value is 0.872. The summed E-state index contributed by atoms with van der Waals surface area (Å²) in [4.78, 5) is 0. The van der Waals surface area contributed by atoms with Gasteiger partial charge in [-0.1, -0.05) is 6.07 Å². The molecule has 1 rings (SSSR count). The SMILES string of the molecule is Oc1cccc(O)c1.[Cs]. The molecule has 9 heavy (non-hydrogen) atoms. The van der Waals surface area contributed by atoms with Crippen LogP contribution in [0.1, 0.15) is 0 Å². The van der Waals surface area contributed by atoms with Gasteiger partial charge in [0.15, 0.2) is 0 Å². The number of benzene rings is 1. The van der Waals surface area contributed by atoms with Crippen LogP contribution in [0.4, 0.5) is 0 Å². The Morgan fingerprint density at radius 3 is 1.67 bits per heavy atom. The molecule has 0 atom stereocenters. The second-order valence-corrected chi connectivity index (χ2v) is 1.52. The molecule has 3 heteroatoms. The zero-order valence-electron chi connectivity index (χ0n) is 5.20. The molecule has 0 saturated heterocycles. The van der Waals surface area contributed by atoms with Crippen molar-refractivity contribution in [3.8, 4) is 11.5 Å². The molecule has 0 unspecified atom stereocenters. The van der Waals surface area contributed by atoms with Crippen LogP contribution in [0.15, 0.2) is 24.3 Å². The molecule has 0 aliphatic carbocycles. The Kier molecular flexibility index (Phi) is 5.10. The maximum Gasteiger partial charge on any atom is 0.119 e. The third-order valence-electron chi connectivity index (χ3n) is 0.830. The van der Waals surface area contributed by atoms with Crippen LogP contribution in [-0.4, -0.2) is 79.1 Å². The largest absolute Gasteiger partial charge is 0.508 e. The van der Waals surface area contributed by atoms with Crippen LogP contribution < -0.4 is 0 Å². The predicted octanol–water partition coefficient (Wildman–Crippen LogP) is 0.717. The van der Waals surface area contributed by atoms with Crippen molar-refractivity contribution in [2.24, 2.45) is 0 Å². The van der Waals surface area contributed by atoms with E-state index in [1.807, 2.05) is 0 Å². The van der Waals surface area contributed by atoms with E-state index >= 15 is 0 Å². The van der Waals surface area contributed by atoms with Crippen LogP contribution in [0.5, 0.6) is 11.5 Å². The molecule has 1 radical (unpaired) electrons. The summed E-state index contributed by atoms with van der Waals surface area (Å²) in [5, 5.41) is 17.3. The molecule has 2 N–H and O–H groups in total. The molecule has 0 spiro atoms. The first-order chi connectivity index (χ1) is 3.79. The third kappa shape index (κ3) is 3.54. The van der Waals surface area contributed by atoms with Gasteiger partial charge in [0, 0.05) is 75.0 Å². The molecule has 2 nitrogen and oxygen atoms in total. The van der Waals surface area contributed by atoms with Gasteiger partial charge in [-0.3, -0.25) is 0 Å². The van der Waals surface area contributed by atoms with E-state index < -0.39 is 0 Å². The summed E-state index contributed by atoms with van der Waals surface area (Å²) in [6.07, 6.45) is 0. The molecular formula is C6H6CsO2. The van der Waals surface area contributed by atoms with Crippen molar-refractivity contribution in [1.82, 2.24) is 0 Å². The summed E-state index contributed by atoms with van der Waals surface area (Å²) in [5.74, 6) is 0.176. The van der Waals surface area contributed by atoms with Gasteiger partial charge in [0.1, 0.15) is 11.5 Å². The molecule has 0 aliphatic heterocycles. The number of aromatic hydroxyl groups is 2. The second-order valence-electron chi connectivity index (χ2n) is 1.52. The van der Waals surface area contributed by atoms with Crippen LogP contribution in [0.2, 0.25) is 0 Å². The van der Waals surface area contributed by atoms with Gasteiger partial charge < -0.3 is 10.2 Å². The molecule has 0 heterocycles. The van der Waals surface area contributed by atoms with Gasteiger partial charge in [0.2, 0.25) is 0 Å². The monoisotopic (exact) mass is 243 g/mol. The van der Waals surface area contributed by atoms with Crippen LogP contribution in [0.25, 0.3) is 0 Å². The van der Waals surface area contributed by atoms with Gasteiger partial charge in [0.05, 0.1) is 0 Å². The van der Waals surface area contributed by atoms with E-state index in [9.17, 15) is 0 Å². The Morgan fingerprint density at radius 2 is 1.44 bits per heavy atom. The molecular weight excluding hydrogens is 237 g/mol. The first-order valence-electron chi connectivity index (χ1n) is 2.27. The van der Waals surface area contributed by atoms with Crippen molar-refractivity contribution in [2.75, 3.05) is 0 Å². The zero-order chi connectivity index (χ0) is 5.98. The van der Waals surface area contributed by atoms with E-state index in [0.717, 1.165) is 0 Å². The molecule has 0 saturated carbocycles. The van der Waals surface area contributed by atoms with Gasteiger partial charge in [0.25, 0.3) is 0 Å². The van der Waals surface area contributed by atoms with Crippen molar-refractivity contribution >= 4 is 68.9 Å². The van der Waals surface area contributed by atoms with E-state index in [1.54, 1.807) is 6.07 Å². The number of hydrogen-bond acceptors (Lipinski definition) is 2. The topological polar surface area (TPSA) is 40.5 Å². The molecule has 1 aromatic rings. The fraction of sp³-hybridized carbons (Fsp3) is 0. The summed E-state index contributed by atoms with van der Waals surface area (Å²) < 4.78 is 0. The summed E-state index contributed by atoms with van der Waals surface area (Å²) in [6, 6.07) is 5.85. The number of hydrogen-bond donors (Lipinski definition) is 2. The fourth-order valence-electron chi connectivity index (χ4n) is 0.493. The minimum Gasteiger partial charge on any atom is -0.508 e. The van der Waals surface area contributed by atoms with E-state index in [4.69, 9.17) is 10.2 Å². The standard InChI is InChI=1S/C6H6O2.Cs/c7-5-2-1-3-6(8)4-5;/h1-4,7-8H;. The minimum absolute atomic E-state index is 0. The molecule has 0 bridgehead atoms. The van der Waals surface area contributed by atoms with Crippen molar-refractivity contribution in [3.63, 3.8) is 0 Å². The third-order valence-corrected chi connectivity index (χ3v) is 0.830. The van der Waals surface area contributed by atoms with E-state index in [1.165, 1.54) is 18.2 Å². The smallest absolute Gasteiger partial charge is 0.119 e. The summed E-state index contributed by atoms with van der Waals surface area (Å²) in [6.45, 7) is 0. The molecule has 0 fully saturated rings. The van der Waals surface area contributed by atoms with Crippen LogP contribution >= 0.6 is 0 Å². The number of rotatable bonds is 0. The van der Waals surface area contributed by atoms with Crippen LogP contribution in [-0.2, 0) is 0 Å². The molecule has 43 valence electrons. The number of phenols is 2. The van der Waals surface area contributed by atoms with Crippen molar-refractivity contribution in [3.05, 3.63) is 24.3 Å². The first kappa shape index (κ1) is 9.87.